The second kappa shape index (κ2) is 12.0. The van der Waals surface area contributed by atoms with Crippen molar-refractivity contribution >= 4 is 28.5 Å². The predicted molar refractivity (Wildman–Crippen MR) is 153 cm³/mol. The van der Waals surface area contributed by atoms with Gasteiger partial charge in [0.15, 0.2) is 0 Å². The first-order valence-electron chi connectivity index (χ1n) is 13.4. The Morgan fingerprint density at radius 1 is 0.897 bits per heavy atom. The summed E-state index contributed by atoms with van der Waals surface area (Å²) < 4.78 is 5.26. The summed E-state index contributed by atoms with van der Waals surface area (Å²) in [4.78, 5) is 33.6. The summed E-state index contributed by atoms with van der Waals surface area (Å²) in [7, 11) is 1.66. The largest absolute Gasteiger partial charge is 0.497 e. The zero-order valence-corrected chi connectivity index (χ0v) is 22.2. The molecule has 1 aromatic heterocycles. The van der Waals surface area contributed by atoms with Gasteiger partial charge in [-0.1, -0.05) is 30.3 Å². The highest BCUT2D eigenvalue weighted by molar-refractivity contribution is 5.98. The zero-order valence-electron chi connectivity index (χ0n) is 22.2. The van der Waals surface area contributed by atoms with Crippen molar-refractivity contribution in [2.75, 3.05) is 38.2 Å². The standard InChI is InChI=1S/C32H33N3O4/c1-39-28-14-12-27(13-15-28)34-17-19-35(20-18-34)32(38)25-11-16-29-26(22-25)21-24(9-5-6-10-30(36)37)31(33-29)23-7-3-2-4-8-23/h2-4,7-8,11-16,21-22H,5-6,9-10,17-20H2,1H3,(H,36,37). The molecule has 7 nitrogen and oxygen atoms in total. The lowest BCUT2D eigenvalue weighted by atomic mass is 9.98. The highest BCUT2D eigenvalue weighted by Crippen LogP contribution is 2.28. The van der Waals surface area contributed by atoms with Gasteiger partial charge in [0.25, 0.3) is 5.91 Å². The van der Waals surface area contributed by atoms with E-state index in [0.717, 1.165) is 65.1 Å². The summed E-state index contributed by atoms with van der Waals surface area (Å²) in [5.41, 5.74) is 5.63. The van der Waals surface area contributed by atoms with Gasteiger partial charge in [-0.15, -0.1) is 0 Å². The van der Waals surface area contributed by atoms with Crippen LogP contribution in [0.2, 0.25) is 0 Å². The molecular formula is C32H33N3O4. The van der Waals surface area contributed by atoms with Gasteiger partial charge in [0.2, 0.25) is 0 Å². The van der Waals surface area contributed by atoms with Crippen LogP contribution in [0.15, 0.2) is 78.9 Å². The first-order valence-corrected chi connectivity index (χ1v) is 13.4. The SMILES string of the molecule is COc1ccc(N2CCN(C(=O)c3ccc4nc(-c5ccccc5)c(CCCCC(=O)O)cc4c3)CC2)cc1. The molecule has 5 rings (SSSR count). The van der Waals surface area contributed by atoms with Crippen molar-refractivity contribution in [1.29, 1.82) is 0 Å². The molecule has 4 aromatic rings. The van der Waals surface area contributed by atoms with Crippen LogP contribution in [0.25, 0.3) is 22.2 Å². The smallest absolute Gasteiger partial charge is 0.303 e. The highest BCUT2D eigenvalue weighted by atomic mass is 16.5. The second-order valence-corrected chi connectivity index (χ2v) is 9.85. The van der Waals surface area contributed by atoms with Crippen molar-refractivity contribution in [2.24, 2.45) is 0 Å². The van der Waals surface area contributed by atoms with Crippen LogP contribution in [0.1, 0.15) is 35.2 Å². The number of benzene rings is 3. The second-order valence-electron chi connectivity index (χ2n) is 9.85. The fourth-order valence-electron chi connectivity index (χ4n) is 5.12. The van der Waals surface area contributed by atoms with Gasteiger partial charge in [0.05, 0.1) is 18.3 Å². The average Bonchev–Trinajstić information content (AvgIpc) is 2.98. The van der Waals surface area contributed by atoms with E-state index in [-0.39, 0.29) is 12.3 Å². The summed E-state index contributed by atoms with van der Waals surface area (Å²) in [6.45, 7) is 2.86. The maximum absolute atomic E-state index is 13.4. The van der Waals surface area contributed by atoms with Crippen molar-refractivity contribution in [3.8, 4) is 17.0 Å². The molecule has 0 radical (unpaired) electrons. The number of fused-ring (bicyclic) bond motifs is 1. The van der Waals surface area contributed by atoms with Crippen molar-refractivity contribution in [2.45, 2.75) is 25.7 Å². The van der Waals surface area contributed by atoms with Gasteiger partial charge >= 0.3 is 5.97 Å². The third-order valence-corrected chi connectivity index (χ3v) is 7.28. The number of piperazine rings is 1. The van der Waals surface area contributed by atoms with Crippen LogP contribution in [-0.4, -0.2) is 60.2 Å². The number of pyridine rings is 1. The molecule has 0 atom stereocenters. The number of aromatic nitrogens is 1. The number of nitrogens with zero attached hydrogens (tertiary/aromatic N) is 3. The van der Waals surface area contributed by atoms with Gasteiger partial charge in [-0.05, 0) is 73.4 Å². The van der Waals surface area contributed by atoms with Crippen molar-refractivity contribution in [3.05, 3.63) is 90.0 Å². The van der Waals surface area contributed by atoms with Crippen molar-refractivity contribution in [1.82, 2.24) is 9.88 Å². The monoisotopic (exact) mass is 523 g/mol. The molecule has 0 aliphatic carbocycles. The minimum Gasteiger partial charge on any atom is -0.497 e. The maximum Gasteiger partial charge on any atom is 0.303 e. The third kappa shape index (κ3) is 6.20. The molecule has 1 saturated heterocycles. The lowest BCUT2D eigenvalue weighted by Crippen LogP contribution is -2.48. The Morgan fingerprint density at radius 3 is 2.33 bits per heavy atom. The molecule has 1 aliphatic rings. The molecule has 1 amide bonds. The molecule has 3 aromatic carbocycles. The van der Waals surface area contributed by atoms with E-state index >= 15 is 0 Å². The molecule has 0 bridgehead atoms. The molecule has 1 N–H and O–H groups in total. The van der Waals surface area contributed by atoms with E-state index in [1.165, 1.54) is 0 Å². The Hall–Kier alpha value is -4.39. The molecule has 39 heavy (non-hydrogen) atoms. The highest BCUT2D eigenvalue weighted by Gasteiger charge is 2.23. The number of ether oxygens (including phenoxy) is 1. The van der Waals surface area contributed by atoms with Crippen LogP contribution in [0.4, 0.5) is 5.69 Å². The summed E-state index contributed by atoms with van der Waals surface area (Å²) in [6, 6.07) is 25.9. The van der Waals surface area contributed by atoms with Crippen LogP contribution in [-0.2, 0) is 11.2 Å². The van der Waals surface area contributed by atoms with Gasteiger partial charge in [0.1, 0.15) is 5.75 Å². The lowest BCUT2D eigenvalue weighted by Gasteiger charge is -2.36. The number of methoxy groups -OCH3 is 1. The number of aryl methyl sites for hydroxylation is 1. The minimum absolute atomic E-state index is 0.0291. The quantitative estimate of drug-likeness (QED) is 0.285. The molecule has 2 heterocycles. The van der Waals surface area contributed by atoms with Crippen molar-refractivity contribution < 1.29 is 19.4 Å². The number of carboxylic acid groups (broad SMARTS) is 1. The molecule has 0 unspecified atom stereocenters. The van der Waals surface area contributed by atoms with Gasteiger partial charge < -0.3 is 19.6 Å². The molecule has 200 valence electrons. The van der Waals surface area contributed by atoms with E-state index < -0.39 is 5.97 Å². The zero-order chi connectivity index (χ0) is 27.2. The maximum atomic E-state index is 13.4. The van der Waals surface area contributed by atoms with Crippen LogP contribution >= 0.6 is 0 Å². The first-order chi connectivity index (χ1) is 19.0. The van der Waals surface area contributed by atoms with E-state index in [4.69, 9.17) is 14.8 Å². The van der Waals surface area contributed by atoms with E-state index in [1.807, 2.05) is 65.6 Å². The Kier molecular flexibility index (Phi) is 8.06. The Labute approximate surface area is 228 Å². The molecule has 1 fully saturated rings. The van der Waals surface area contributed by atoms with Gasteiger partial charge in [-0.2, -0.15) is 0 Å². The Morgan fingerprint density at radius 2 is 1.64 bits per heavy atom. The number of amides is 1. The molecule has 1 aliphatic heterocycles. The lowest BCUT2D eigenvalue weighted by molar-refractivity contribution is -0.137. The first kappa shape index (κ1) is 26.2. The topological polar surface area (TPSA) is 83.0 Å². The van der Waals surface area contributed by atoms with Gasteiger partial charge in [-0.25, -0.2) is 4.98 Å². The number of aliphatic carboxylic acids is 1. The number of carbonyl (C=O) groups excluding carboxylic acids is 1. The van der Waals surface area contributed by atoms with Crippen LogP contribution in [0.5, 0.6) is 5.75 Å². The molecule has 0 spiro atoms. The minimum atomic E-state index is -0.775. The third-order valence-electron chi connectivity index (χ3n) is 7.28. The molecule has 0 saturated carbocycles. The number of hydrogen-bond donors (Lipinski definition) is 1. The normalized spacial score (nSPS) is 13.5. The van der Waals surface area contributed by atoms with Crippen LogP contribution < -0.4 is 9.64 Å². The average molecular weight is 524 g/mol. The van der Waals surface area contributed by atoms with Crippen LogP contribution in [0, 0.1) is 0 Å². The molecule has 7 heteroatoms. The summed E-state index contributed by atoms with van der Waals surface area (Å²) in [5.74, 6) is 0.0852. The molecular weight excluding hydrogens is 490 g/mol. The Bertz CT molecular complexity index is 1450. The van der Waals surface area contributed by atoms with E-state index in [0.29, 0.717) is 25.1 Å². The van der Waals surface area contributed by atoms with Gasteiger partial charge in [0, 0.05) is 54.8 Å². The number of anilines is 1. The predicted octanol–water partition coefficient (Wildman–Crippen LogP) is 5.67. The summed E-state index contributed by atoms with van der Waals surface area (Å²) in [6.07, 6.45) is 2.26. The van der Waals surface area contributed by atoms with Crippen LogP contribution in [0.3, 0.4) is 0 Å². The van der Waals surface area contributed by atoms with E-state index in [9.17, 15) is 9.59 Å². The van der Waals surface area contributed by atoms with E-state index in [1.54, 1.807) is 7.11 Å². The summed E-state index contributed by atoms with van der Waals surface area (Å²) >= 11 is 0. The number of carboxylic acids is 1. The Balaban J connectivity index is 1.33. The van der Waals surface area contributed by atoms with Crippen molar-refractivity contribution in [3.63, 3.8) is 0 Å². The fourth-order valence-corrected chi connectivity index (χ4v) is 5.12. The number of unbranched alkanes of at least 4 members (excludes halogenated alkanes) is 1. The van der Waals surface area contributed by atoms with E-state index in [2.05, 4.69) is 23.1 Å². The number of hydrogen-bond acceptors (Lipinski definition) is 5. The fraction of sp³-hybridized carbons (Fsp3) is 0.281. The number of carbonyl (C=O) groups is 2. The summed E-state index contributed by atoms with van der Waals surface area (Å²) in [5, 5.41) is 9.93. The van der Waals surface area contributed by atoms with Gasteiger partial charge in [-0.3, -0.25) is 9.59 Å². The number of rotatable bonds is 9.